The van der Waals surface area contributed by atoms with Crippen molar-refractivity contribution < 1.29 is 43.6 Å². The second kappa shape index (κ2) is 10.8. The number of allylic oxidation sites excluding steroid dienone is 4. The van der Waals surface area contributed by atoms with E-state index in [0.717, 1.165) is 25.7 Å². The van der Waals surface area contributed by atoms with Gasteiger partial charge in [0, 0.05) is 29.7 Å². The number of rotatable bonds is 7. The summed E-state index contributed by atoms with van der Waals surface area (Å²) in [6, 6.07) is 0. The van der Waals surface area contributed by atoms with Gasteiger partial charge in [0.05, 0.1) is 6.10 Å². The molecule has 0 radical (unpaired) electrons. The molecule has 5 aliphatic carbocycles. The number of aliphatic hydroxyl groups is 2. The number of carboxylic acid groups (broad SMARTS) is 1. The molecule has 0 aromatic carbocycles. The van der Waals surface area contributed by atoms with E-state index in [-0.39, 0.29) is 30.5 Å². The molecule has 1 amide bonds. The van der Waals surface area contributed by atoms with Gasteiger partial charge < -0.3 is 25.4 Å². The van der Waals surface area contributed by atoms with Crippen LogP contribution in [-0.4, -0.2) is 69.5 Å². The summed E-state index contributed by atoms with van der Waals surface area (Å²) in [7, 11) is 0. The number of halogens is 1. The predicted octanol–water partition coefficient (Wildman–Crippen LogP) is 3.91. The maximum absolute atomic E-state index is 17.3. The van der Waals surface area contributed by atoms with Crippen LogP contribution in [0.15, 0.2) is 23.8 Å². The summed E-state index contributed by atoms with van der Waals surface area (Å²) in [4.78, 5) is 49.0. The van der Waals surface area contributed by atoms with Gasteiger partial charge >= 0.3 is 12.1 Å². The first-order valence-corrected chi connectivity index (χ1v) is 15.4. The molecule has 0 spiro atoms. The zero-order chi connectivity index (χ0) is 30.7. The number of alkyl halides is 1. The monoisotopic (exact) mass is 589 g/mol. The van der Waals surface area contributed by atoms with Crippen LogP contribution >= 0.6 is 0 Å². The van der Waals surface area contributed by atoms with Crippen molar-refractivity contribution in [1.29, 1.82) is 0 Å². The van der Waals surface area contributed by atoms with Crippen molar-refractivity contribution in [3.63, 3.8) is 0 Å². The maximum Gasteiger partial charge on any atom is 0.407 e. The minimum absolute atomic E-state index is 0.140. The van der Waals surface area contributed by atoms with Gasteiger partial charge in [0.1, 0.15) is 5.60 Å². The number of hydrogen-bond donors (Lipinski definition) is 4. The Bertz CT molecular complexity index is 1210. The lowest BCUT2D eigenvalue weighted by Crippen LogP contribution is -2.69. The number of carbonyl (C=O) groups excluding carboxylic acids is 3. The fraction of sp³-hybridized carbons (Fsp3) is 0.750. The number of carboxylic acids is 1. The number of nitrogens with one attached hydrogen (secondary N) is 1. The largest absolute Gasteiger partial charge is 0.481 e. The zero-order valence-corrected chi connectivity index (χ0v) is 24.7. The Morgan fingerprint density at radius 1 is 1.10 bits per heavy atom. The Balaban J connectivity index is 1.23. The highest BCUT2D eigenvalue weighted by molar-refractivity contribution is 6.01. The molecule has 4 fully saturated rings. The topological polar surface area (TPSA) is 150 Å². The number of hydrogen-bond acceptors (Lipinski definition) is 7. The van der Waals surface area contributed by atoms with Gasteiger partial charge in [-0.25, -0.2) is 9.18 Å². The molecule has 5 aliphatic rings. The van der Waals surface area contributed by atoms with Crippen molar-refractivity contribution in [3.05, 3.63) is 23.8 Å². The van der Waals surface area contributed by atoms with Crippen LogP contribution in [0.1, 0.15) is 78.6 Å². The molecule has 5 rings (SSSR count). The first kappa shape index (κ1) is 30.9. The number of alkyl carbamates (subject to hydrolysis) is 1. The lowest BCUT2D eigenvalue weighted by molar-refractivity contribution is -0.219. The van der Waals surface area contributed by atoms with E-state index in [1.165, 1.54) is 12.2 Å². The van der Waals surface area contributed by atoms with E-state index in [2.05, 4.69) is 5.32 Å². The van der Waals surface area contributed by atoms with Crippen LogP contribution in [-0.2, 0) is 19.1 Å². The average Bonchev–Trinajstić information content (AvgIpc) is 3.13. The molecule has 4 saturated carbocycles. The average molecular weight is 590 g/mol. The van der Waals surface area contributed by atoms with Gasteiger partial charge in [-0.3, -0.25) is 14.4 Å². The normalized spacial score (nSPS) is 44.3. The summed E-state index contributed by atoms with van der Waals surface area (Å²) in [6.45, 7) is 4.94. The first-order chi connectivity index (χ1) is 19.7. The third kappa shape index (κ3) is 4.64. The third-order valence-electron chi connectivity index (χ3n) is 11.9. The smallest absolute Gasteiger partial charge is 0.407 e. The first-order valence-electron chi connectivity index (χ1n) is 15.4. The van der Waals surface area contributed by atoms with Crippen molar-refractivity contribution in [2.24, 2.45) is 40.4 Å². The van der Waals surface area contributed by atoms with E-state index >= 15 is 4.39 Å². The Morgan fingerprint density at radius 2 is 1.76 bits per heavy atom. The van der Waals surface area contributed by atoms with Crippen LogP contribution in [0.5, 0.6) is 0 Å². The Hall–Kier alpha value is -2.59. The van der Waals surface area contributed by atoms with E-state index < -0.39 is 70.4 Å². The number of fused-ring (bicyclic) bond motifs is 5. The fourth-order valence-corrected chi connectivity index (χ4v) is 9.55. The van der Waals surface area contributed by atoms with Crippen LogP contribution in [0.3, 0.4) is 0 Å². The molecule has 9 nitrogen and oxygen atoms in total. The van der Waals surface area contributed by atoms with Gasteiger partial charge in [0.25, 0.3) is 0 Å². The molecule has 0 bridgehead atoms. The molecular formula is C32H44FNO8. The Kier molecular flexibility index (Phi) is 7.97. The lowest BCUT2D eigenvalue weighted by Gasteiger charge is -2.62. The summed E-state index contributed by atoms with van der Waals surface area (Å²) in [5.41, 5.74) is -5.60. The van der Waals surface area contributed by atoms with Gasteiger partial charge in [-0.2, -0.15) is 0 Å². The van der Waals surface area contributed by atoms with Crippen molar-refractivity contribution >= 4 is 23.6 Å². The molecule has 0 aromatic rings. The van der Waals surface area contributed by atoms with Crippen LogP contribution in [0.2, 0.25) is 0 Å². The minimum atomic E-state index is -2.06. The molecule has 42 heavy (non-hydrogen) atoms. The number of ketones is 2. The Morgan fingerprint density at radius 3 is 2.43 bits per heavy atom. The van der Waals surface area contributed by atoms with Crippen molar-refractivity contribution in [3.8, 4) is 0 Å². The summed E-state index contributed by atoms with van der Waals surface area (Å²) in [5.74, 6) is -2.87. The predicted molar refractivity (Wildman–Crippen MR) is 150 cm³/mol. The highest BCUT2D eigenvalue weighted by Crippen LogP contribution is 2.70. The second-order valence-electron chi connectivity index (χ2n) is 14.0. The summed E-state index contributed by atoms with van der Waals surface area (Å²) in [5, 5.41) is 35.2. The van der Waals surface area contributed by atoms with Crippen LogP contribution in [0, 0.1) is 40.4 Å². The van der Waals surface area contributed by atoms with E-state index in [0.29, 0.717) is 31.4 Å². The minimum Gasteiger partial charge on any atom is -0.481 e. The number of aliphatic carboxylic acids is 1. The molecule has 8 atom stereocenters. The van der Waals surface area contributed by atoms with Gasteiger partial charge in [-0.1, -0.05) is 25.5 Å². The van der Waals surface area contributed by atoms with E-state index in [1.54, 1.807) is 26.8 Å². The molecule has 232 valence electrons. The van der Waals surface area contributed by atoms with Gasteiger partial charge in [0.2, 0.25) is 5.78 Å². The quantitative estimate of drug-likeness (QED) is 0.349. The zero-order valence-electron chi connectivity index (χ0n) is 24.7. The summed E-state index contributed by atoms with van der Waals surface area (Å²) in [6.07, 6.45) is 6.63. The number of carbonyl (C=O) groups is 4. The molecule has 4 N–H and O–H groups in total. The highest BCUT2D eigenvalue weighted by Gasteiger charge is 2.75. The van der Waals surface area contributed by atoms with Crippen LogP contribution in [0.4, 0.5) is 9.18 Å². The van der Waals surface area contributed by atoms with Crippen LogP contribution < -0.4 is 5.32 Å². The maximum atomic E-state index is 17.3. The van der Waals surface area contributed by atoms with E-state index in [9.17, 15) is 29.4 Å². The third-order valence-corrected chi connectivity index (χ3v) is 11.9. The van der Waals surface area contributed by atoms with Gasteiger partial charge in [0.15, 0.2) is 18.1 Å². The van der Waals surface area contributed by atoms with E-state index in [1.807, 2.05) is 0 Å². The SMILES string of the molecule is C[C@@H]1C[C@H]2[C@@H]3CCC4=CC(=O)C=C[C@]4(C)[C@@]3(F)[C@@H](O)C[C@]2(C)[C@@]1(O)C(=O)COC(=O)NCC1CCC(CC(=O)O)CC1. The van der Waals surface area contributed by atoms with Gasteiger partial charge in [-0.05, 0) is 94.1 Å². The second-order valence-corrected chi connectivity index (χ2v) is 14.0. The van der Waals surface area contributed by atoms with Crippen molar-refractivity contribution in [1.82, 2.24) is 5.32 Å². The number of Topliss-reactive ketones (excluding diaryl/α,β-unsaturated/α-hetero) is 1. The molecule has 0 heterocycles. The molecule has 10 heteroatoms. The molecule has 0 aromatic heterocycles. The number of ether oxygens (including phenoxy) is 1. The van der Waals surface area contributed by atoms with Crippen molar-refractivity contribution in [2.75, 3.05) is 13.2 Å². The van der Waals surface area contributed by atoms with Gasteiger partial charge in [-0.15, -0.1) is 0 Å². The molecule has 0 aliphatic heterocycles. The number of amides is 1. The lowest BCUT2D eigenvalue weighted by atomic mass is 9.44. The highest BCUT2D eigenvalue weighted by atomic mass is 19.1. The summed E-state index contributed by atoms with van der Waals surface area (Å²) < 4.78 is 22.5. The molecule has 0 saturated heterocycles. The van der Waals surface area contributed by atoms with Crippen LogP contribution in [0.25, 0.3) is 0 Å². The Labute approximate surface area is 246 Å². The van der Waals surface area contributed by atoms with Crippen molar-refractivity contribution in [2.45, 2.75) is 95.9 Å². The number of aliphatic hydroxyl groups excluding tert-OH is 1. The summed E-state index contributed by atoms with van der Waals surface area (Å²) >= 11 is 0. The molecular weight excluding hydrogens is 545 g/mol. The molecule has 0 unspecified atom stereocenters. The van der Waals surface area contributed by atoms with E-state index in [4.69, 9.17) is 9.84 Å². The fourth-order valence-electron chi connectivity index (χ4n) is 9.55. The standard InChI is InChI=1S/C32H44FNO8/c1-18-12-24-23-9-8-21-14-22(35)10-11-29(21,2)31(23,33)25(36)15-30(24,3)32(18,41)26(37)17-42-28(40)34-16-20-6-4-19(5-7-20)13-27(38)39/h10-11,14,18-20,23-25,36,41H,4-9,12-13,15-17H2,1-3H3,(H,34,40)(H,38,39)/t18-,19?,20?,23+,24+,25+,29+,30+,31+,32+/m1/s1.